The van der Waals surface area contributed by atoms with Crippen LogP contribution in [-0.2, 0) is 0 Å². The molecule has 0 spiro atoms. The first-order valence-electron chi connectivity index (χ1n) is 8.40. The van der Waals surface area contributed by atoms with E-state index in [1.54, 1.807) is 0 Å². The van der Waals surface area contributed by atoms with E-state index in [1.807, 2.05) is 48.5 Å². The molecular weight excluding hydrogens is 342 g/mol. The van der Waals surface area contributed by atoms with Crippen molar-refractivity contribution >= 4 is 33.4 Å². The van der Waals surface area contributed by atoms with Crippen LogP contribution in [0.15, 0.2) is 84.9 Å². The Labute approximate surface area is 155 Å². The number of hydrogen-bond donors (Lipinski definition) is 0. The maximum atomic E-state index is 6.28. The van der Waals surface area contributed by atoms with Crippen LogP contribution in [0.4, 0.5) is 0 Å². The first-order valence-corrected chi connectivity index (χ1v) is 8.77. The summed E-state index contributed by atoms with van der Waals surface area (Å²) in [6, 6.07) is 28.7. The molecular formula is C22H14ClN3. The van der Waals surface area contributed by atoms with Crippen molar-refractivity contribution in [2.75, 3.05) is 0 Å². The second-order valence-electron chi connectivity index (χ2n) is 6.12. The second kappa shape index (κ2) is 5.97. The number of aromatic nitrogens is 3. The number of benzene rings is 3. The van der Waals surface area contributed by atoms with E-state index in [-0.39, 0.29) is 5.28 Å². The van der Waals surface area contributed by atoms with Crippen LogP contribution in [-0.4, -0.2) is 14.5 Å². The van der Waals surface area contributed by atoms with Crippen LogP contribution < -0.4 is 0 Å². The molecule has 26 heavy (non-hydrogen) atoms. The van der Waals surface area contributed by atoms with Crippen molar-refractivity contribution in [2.45, 2.75) is 0 Å². The Morgan fingerprint density at radius 1 is 0.654 bits per heavy atom. The molecule has 3 aromatic carbocycles. The summed E-state index contributed by atoms with van der Waals surface area (Å²) in [5.41, 5.74) is 4.02. The smallest absolute Gasteiger partial charge is 0.224 e. The molecule has 0 radical (unpaired) electrons. The summed E-state index contributed by atoms with van der Waals surface area (Å²) in [7, 11) is 0. The standard InChI is InChI=1S/C22H14ClN3/c23-22-24-18(15-8-2-1-3-9-15)14-21(25-22)26-19-12-6-4-10-16(19)17-11-5-7-13-20(17)26/h1-14H. The summed E-state index contributed by atoms with van der Waals surface area (Å²) < 4.78 is 2.14. The van der Waals surface area contributed by atoms with E-state index in [1.165, 1.54) is 10.8 Å². The molecule has 4 heteroatoms. The van der Waals surface area contributed by atoms with Gasteiger partial charge >= 0.3 is 0 Å². The second-order valence-corrected chi connectivity index (χ2v) is 6.45. The molecule has 2 heterocycles. The van der Waals surface area contributed by atoms with Crippen molar-refractivity contribution in [1.29, 1.82) is 0 Å². The lowest BCUT2D eigenvalue weighted by molar-refractivity contribution is 1.04. The largest absolute Gasteiger partial charge is 0.294 e. The Kier molecular flexibility index (Phi) is 3.47. The van der Waals surface area contributed by atoms with Gasteiger partial charge in [0.15, 0.2) is 0 Å². The quantitative estimate of drug-likeness (QED) is 0.369. The molecule has 5 rings (SSSR count). The van der Waals surface area contributed by atoms with E-state index < -0.39 is 0 Å². The predicted molar refractivity (Wildman–Crippen MR) is 107 cm³/mol. The van der Waals surface area contributed by atoms with Crippen LogP contribution in [0, 0.1) is 0 Å². The number of fused-ring (bicyclic) bond motifs is 3. The van der Waals surface area contributed by atoms with Crippen molar-refractivity contribution in [3.05, 3.63) is 90.2 Å². The van der Waals surface area contributed by atoms with E-state index in [9.17, 15) is 0 Å². The molecule has 124 valence electrons. The maximum absolute atomic E-state index is 6.28. The molecule has 3 nitrogen and oxygen atoms in total. The van der Waals surface area contributed by atoms with Gasteiger partial charge < -0.3 is 0 Å². The summed E-state index contributed by atoms with van der Waals surface area (Å²) in [4.78, 5) is 8.93. The lowest BCUT2D eigenvalue weighted by Gasteiger charge is -2.09. The van der Waals surface area contributed by atoms with Crippen LogP contribution in [0.2, 0.25) is 5.28 Å². The molecule has 5 aromatic rings. The third kappa shape index (κ3) is 2.37. The summed E-state index contributed by atoms with van der Waals surface area (Å²) >= 11 is 6.28. The SMILES string of the molecule is Clc1nc(-c2ccccc2)cc(-n2c3ccccc3c3ccccc32)n1. The molecule has 0 aliphatic rings. The van der Waals surface area contributed by atoms with E-state index >= 15 is 0 Å². The molecule has 0 bridgehead atoms. The summed E-state index contributed by atoms with van der Waals surface area (Å²) in [5, 5.41) is 2.63. The van der Waals surface area contributed by atoms with Crippen molar-refractivity contribution in [3.63, 3.8) is 0 Å². The average Bonchev–Trinajstić information content (AvgIpc) is 3.03. The van der Waals surface area contributed by atoms with Gasteiger partial charge in [-0.05, 0) is 23.7 Å². The number of rotatable bonds is 2. The Morgan fingerprint density at radius 3 is 1.88 bits per heavy atom. The monoisotopic (exact) mass is 355 g/mol. The number of para-hydroxylation sites is 2. The van der Waals surface area contributed by atoms with Gasteiger partial charge in [-0.15, -0.1) is 0 Å². The third-order valence-corrected chi connectivity index (χ3v) is 4.73. The molecule has 2 aromatic heterocycles. The topological polar surface area (TPSA) is 30.7 Å². The van der Waals surface area contributed by atoms with Crippen molar-refractivity contribution < 1.29 is 0 Å². The van der Waals surface area contributed by atoms with Gasteiger partial charge in [0.25, 0.3) is 0 Å². The highest BCUT2D eigenvalue weighted by molar-refractivity contribution is 6.28. The van der Waals surface area contributed by atoms with E-state index in [2.05, 4.69) is 50.9 Å². The highest BCUT2D eigenvalue weighted by Crippen LogP contribution is 2.32. The highest BCUT2D eigenvalue weighted by atomic mass is 35.5. The van der Waals surface area contributed by atoms with Gasteiger partial charge in [0.1, 0.15) is 5.82 Å². The zero-order valence-electron chi connectivity index (χ0n) is 13.8. The average molecular weight is 356 g/mol. The van der Waals surface area contributed by atoms with Gasteiger partial charge in [-0.25, -0.2) is 4.98 Å². The van der Waals surface area contributed by atoms with Gasteiger partial charge in [0, 0.05) is 22.4 Å². The number of nitrogens with zero attached hydrogens (tertiary/aromatic N) is 3. The molecule has 0 saturated heterocycles. The zero-order chi connectivity index (χ0) is 17.5. The summed E-state index contributed by atoms with van der Waals surface area (Å²) in [5.74, 6) is 0.765. The van der Waals surface area contributed by atoms with Crippen LogP contribution in [0.1, 0.15) is 0 Å². The fourth-order valence-corrected chi connectivity index (χ4v) is 3.62. The number of hydrogen-bond acceptors (Lipinski definition) is 2. The van der Waals surface area contributed by atoms with Gasteiger partial charge in [-0.3, -0.25) is 4.57 Å². The van der Waals surface area contributed by atoms with Gasteiger partial charge in [0.2, 0.25) is 5.28 Å². The molecule has 0 aliphatic carbocycles. The normalized spacial score (nSPS) is 11.3. The lowest BCUT2D eigenvalue weighted by Crippen LogP contribution is -2.00. The summed E-state index contributed by atoms with van der Waals surface area (Å²) in [6.45, 7) is 0. The third-order valence-electron chi connectivity index (χ3n) is 4.56. The Hall–Kier alpha value is -3.17. The molecule has 0 N–H and O–H groups in total. The van der Waals surface area contributed by atoms with E-state index in [0.29, 0.717) is 0 Å². The molecule has 0 saturated carbocycles. The maximum Gasteiger partial charge on any atom is 0.224 e. The molecule has 0 fully saturated rings. The van der Waals surface area contributed by atoms with Gasteiger partial charge in [0.05, 0.1) is 16.7 Å². The van der Waals surface area contributed by atoms with Crippen molar-refractivity contribution in [3.8, 4) is 17.1 Å². The minimum absolute atomic E-state index is 0.239. The molecule has 0 aliphatic heterocycles. The van der Waals surface area contributed by atoms with Crippen molar-refractivity contribution in [1.82, 2.24) is 14.5 Å². The lowest BCUT2D eigenvalue weighted by atomic mass is 10.1. The summed E-state index contributed by atoms with van der Waals surface area (Å²) in [6.07, 6.45) is 0. The van der Waals surface area contributed by atoms with Crippen LogP contribution in [0.3, 0.4) is 0 Å². The molecule has 0 amide bonds. The fraction of sp³-hybridized carbons (Fsp3) is 0. The number of halogens is 1. The van der Waals surface area contributed by atoms with E-state index in [0.717, 1.165) is 28.1 Å². The van der Waals surface area contributed by atoms with E-state index in [4.69, 9.17) is 11.6 Å². The van der Waals surface area contributed by atoms with Crippen LogP contribution >= 0.6 is 11.6 Å². The highest BCUT2D eigenvalue weighted by Gasteiger charge is 2.14. The van der Waals surface area contributed by atoms with Crippen LogP contribution in [0.25, 0.3) is 38.9 Å². The Balaban J connectivity index is 1.84. The zero-order valence-corrected chi connectivity index (χ0v) is 14.6. The van der Waals surface area contributed by atoms with Gasteiger partial charge in [-0.2, -0.15) is 4.98 Å². The minimum atomic E-state index is 0.239. The first kappa shape index (κ1) is 15.1. The molecule has 0 atom stereocenters. The minimum Gasteiger partial charge on any atom is -0.294 e. The van der Waals surface area contributed by atoms with Gasteiger partial charge in [-0.1, -0.05) is 66.7 Å². The van der Waals surface area contributed by atoms with Crippen molar-refractivity contribution in [2.24, 2.45) is 0 Å². The van der Waals surface area contributed by atoms with Crippen LogP contribution in [0.5, 0.6) is 0 Å². The Bertz CT molecular complexity index is 1190. The first-order chi connectivity index (χ1) is 12.8. The fourth-order valence-electron chi connectivity index (χ4n) is 3.45. The molecule has 0 unspecified atom stereocenters. The Morgan fingerprint density at radius 2 is 1.23 bits per heavy atom. The predicted octanol–water partition coefficient (Wildman–Crippen LogP) is 5.89.